The van der Waals surface area contributed by atoms with Crippen LogP contribution in [0.5, 0.6) is 0 Å². The quantitative estimate of drug-likeness (QED) is 0.894. The lowest BCUT2D eigenvalue weighted by atomic mass is 9.82. The van der Waals surface area contributed by atoms with Crippen LogP contribution < -0.4 is 5.32 Å². The van der Waals surface area contributed by atoms with Crippen molar-refractivity contribution in [2.75, 3.05) is 13.1 Å². The van der Waals surface area contributed by atoms with Crippen LogP contribution in [0.1, 0.15) is 55.4 Å². The standard InChI is InChI=1S/C18H24N4O2/c23-16(14-3-4-14)21-18(11-13-1-2-13)5-9-22(10-6-18)17(24)15-12-19-7-8-20-15/h7-8,12-14H,1-6,9-11H2,(H,21,23). The van der Waals surface area contributed by atoms with Crippen molar-refractivity contribution in [2.24, 2.45) is 11.8 Å². The average molecular weight is 328 g/mol. The molecule has 24 heavy (non-hydrogen) atoms. The molecule has 3 fully saturated rings. The van der Waals surface area contributed by atoms with E-state index in [2.05, 4.69) is 15.3 Å². The van der Waals surface area contributed by atoms with Crippen molar-refractivity contribution in [3.63, 3.8) is 0 Å². The van der Waals surface area contributed by atoms with Crippen LogP contribution in [0, 0.1) is 11.8 Å². The summed E-state index contributed by atoms with van der Waals surface area (Å²) in [4.78, 5) is 34.8. The van der Waals surface area contributed by atoms with E-state index in [4.69, 9.17) is 0 Å². The van der Waals surface area contributed by atoms with Gasteiger partial charge in [-0.25, -0.2) is 4.98 Å². The summed E-state index contributed by atoms with van der Waals surface area (Å²) in [6.07, 6.45) is 12.0. The van der Waals surface area contributed by atoms with Crippen molar-refractivity contribution in [2.45, 2.75) is 50.5 Å². The third-order valence-corrected chi connectivity index (χ3v) is 5.50. The second-order valence-corrected chi connectivity index (χ2v) is 7.57. The van der Waals surface area contributed by atoms with Crippen molar-refractivity contribution < 1.29 is 9.59 Å². The molecule has 0 unspecified atom stereocenters. The zero-order valence-electron chi connectivity index (χ0n) is 13.9. The Morgan fingerprint density at radius 2 is 1.92 bits per heavy atom. The highest BCUT2D eigenvalue weighted by Crippen LogP contribution is 2.41. The highest BCUT2D eigenvalue weighted by Gasteiger charge is 2.43. The fourth-order valence-corrected chi connectivity index (χ4v) is 3.67. The lowest BCUT2D eigenvalue weighted by molar-refractivity contribution is -0.125. The Morgan fingerprint density at radius 3 is 2.50 bits per heavy atom. The van der Waals surface area contributed by atoms with E-state index in [1.54, 1.807) is 12.4 Å². The van der Waals surface area contributed by atoms with Gasteiger partial charge in [-0.1, -0.05) is 12.8 Å². The van der Waals surface area contributed by atoms with Crippen LogP contribution in [0.25, 0.3) is 0 Å². The fraction of sp³-hybridized carbons (Fsp3) is 0.667. The Hall–Kier alpha value is -1.98. The minimum atomic E-state index is -0.111. The van der Waals surface area contributed by atoms with Gasteiger partial charge in [0.1, 0.15) is 5.69 Å². The second-order valence-electron chi connectivity index (χ2n) is 7.57. The normalized spacial score (nSPS) is 22.9. The summed E-state index contributed by atoms with van der Waals surface area (Å²) < 4.78 is 0. The van der Waals surface area contributed by atoms with Gasteiger partial charge in [0, 0.05) is 36.9 Å². The molecule has 2 heterocycles. The van der Waals surface area contributed by atoms with E-state index in [1.165, 1.54) is 19.0 Å². The molecule has 6 nitrogen and oxygen atoms in total. The maximum absolute atomic E-state index is 12.5. The average Bonchev–Trinajstić information content (AvgIpc) is 3.49. The van der Waals surface area contributed by atoms with E-state index in [0.29, 0.717) is 18.8 Å². The number of nitrogens with one attached hydrogen (secondary N) is 1. The van der Waals surface area contributed by atoms with E-state index in [9.17, 15) is 9.59 Å². The Kier molecular flexibility index (Phi) is 3.98. The van der Waals surface area contributed by atoms with E-state index < -0.39 is 0 Å². The Bertz CT molecular complexity index is 617. The molecule has 128 valence electrons. The summed E-state index contributed by atoms with van der Waals surface area (Å²) >= 11 is 0. The molecule has 0 atom stereocenters. The van der Waals surface area contributed by atoms with Gasteiger partial charge < -0.3 is 10.2 Å². The number of carbonyl (C=O) groups excluding carboxylic acids is 2. The third kappa shape index (κ3) is 3.42. The van der Waals surface area contributed by atoms with Crippen LogP contribution in [-0.2, 0) is 4.79 Å². The van der Waals surface area contributed by atoms with Crippen LogP contribution in [0.3, 0.4) is 0 Å². The first-order valence-corrected chi connectivity index (χ1v) is 9.03. The largest absolute Gasteiger partial charge is 0.350 e. The van der Waals surface area contributed by atoms with Gasteiger partial charge >= 0.3 is 0 Å². The molecule has 2 amide bonds. The highest BCUT2D eigenvalue weighted by molar-refractivity contribution is 5.92. The maximum atomic E-state index is 12.5. The first-order chi connectivity index (χ1) is 11.7. The predicted molar refractivity (Wildman–Crippen MR) is 88.1 cm³/mol. The van der Waals surface area contributed by atoms with Crippen LogP contribution in [0.4, 0.5) is 0 Å². The molecule has 0 radical (unpaired) electrons. The van der Waals surface area contributed by atoms with E-state index in [0.717, 1.165) is 38.0 Å². The topological polar surface area (TPSA) is 75.2 Å². The van der Waals surface area contributed by atoms with E-state index in [-0.39, 0.29) is 23.3 Å². The first kappa shape index (κ1) is 15.5. The number of carbonyl (C=O) groups is 2. The molecule has 1 aromatic heterocycles. The summed E-state index contributed by atoms with van der Waals surface area (Å²) in [6, 6.07) is 0. The SMILES string of the molecule is O=C(NC1(CC2CC2)CCN(C(=O)c2cnccn2)CC1)C1CC1. The molecule has 6 heteroatoms. The molecule has 3 aliphatic rings. The maximum Gasteiger partial charge on any atom is 0.274 e. The smallest absolute Gasteiger partial charge is 0.274 e. The van der Waals surface area contributed by atoms with Crippen LogP contribution in [0.15, 0.2) is 18.6 Å². The highest BCUT2D eigenvalue weighted by atomic mass is 16.2. The lowest BCUT2D eigenvalue weighted by Gasteiger charge is -2.42. The van der Waals surface area contributed by atoms with Gasteiger partial charge in [-0.05, 0) is 38.0 Å². The number of nitrogens with zero attached hydrogens (tertiary/aromatic N) is 3. The molecule has 1 N–H and O–H groups in total. The van der Waals surface area contributed by atoms with Gasteiger partial charge in [-0.15, -0.1) is 0 Å². The van der Waals surface area contributed by atoms with Crippen LogP contribution in [0.2, 0.25) is 0 Å². The summed E-state index contributed by atoms with van der Waals surface area (Å²) in [7, 11) is 0. The van der Waals surface area contributed by atoms with Gasteiger partial charge in [-0.3, -0.25) is 14.6 Å². The summed E-state index contributed by atoms with van der Waals surface area (Å²) in [5.74, 6) is 1.16. The second kappa shape index (κ2) is 6.15. The van der Waals surface area contributed by atoms with Crippen molar-refractivity contribution in [3.05, 3.63) is 24.3 Å². The minimum Gasteiger partial charge on any atom is -0.350 e. The molecule has 0 spiro atoms. The van der Waals surface area contributed by atoms with Crippen LogP contribution >= 0.6 is 0 Å². The summed E-state index contributed by atoms with van der Waals surface area (Å²) in [5, 5.41) is 3.36. The van der Waals surface area contributed by atoms with Gasteiger partial charge in [0.25, 0.3) is 5.91 Å². The number of aromatic nitrogens is 2. The van der Waals surface area contributed by atoms with Gasteiger partial charge in [0.15, 0.2) is 0 Å². The number of rotatable bonds is 5. The molecule has 0 bridgehead atoms. The van der Waals surface area contributed by atoms with Crippen molar-refractivity contribution in [1.29, 1.82) is 0 Å². The zero-order chi connectivity index (χ0) is 16.6. The van der Waals surface area contributed by atoms with E-state index in [1.807, 2.05) is 4.90 Å². The molecule has 2 aliphatic carbocycles. The Labute approximate surface area is 142 Å². The molecule has 1 aliphatic heterocycles. The summed E-state index contributed by atoms with van der Waals surface area (Å²) in [5.41, 5.74) is 0.286. The number of likely N-dealkylation sites (tertiary alicyclic amines) is 1. The number of hydrogen-bond acceptors (Lipinski definition) is 4. The third-order valence-electron chi connectivity index (χ3n) is 5.50. The molecule has 4 rings (SSSR count). The minimum absolute atomic E-state index is 0.0587. The molecule has 0 aromatic carbocycles. The number of hydrogen-bond donors (Lipinski definition) is 1. The van der Waals surface area contributed by atoms with Crippen molar-refractivity contribution in [1.82, 2.24) is 20.2 Å². The zero-order valence-corrected chi connectivity index (χ0v) is 13.9. The molecule has 1 saturated heterocycles. The van der Waals surface area contributed by atoms with Crippen molar-refractivity contribution in [3.8, 4) is 0 Å². The first-order valence-electron chi connectivity index (χ1n) is 9.03. The molecular weight excluding hydrogens is 304 g/mol. The van der Waals surface area contributed by atoms with Gasteiger partial charge in [0.05, 0.1) is 6.20 Å². The Balaban J connectivity index is 1.41. The summed E-state index contributed by atoms with van der Waals surface area (Å²) in [6.45, 7) is 1.35. The van der Waals surface area contributed by atoms with Crippen LogP contribution in [-0.4, -0.2) is 45.3 Å². The Morgan fingerprint density at radius 1 is 1.17 bits per heavy atom. The molecule has 1 aromatic rings. The molecule has 2 saturated carbocycles. The number of amides is 2. The molecular formula is C18H24N4O2. The van der Waals surface area contributed by atoms with E-state index >= 15 is 0 Å². The monoisotopic (exact) mass is 328 g/mol. The fourth-order valence-electron chi connectivity index (χ4n) is 3.67. The van der Waals surface area contributed by atoms with Gasteiger partial charge in [0.2, 0.25) is 5.91 Å². The lowest BCUT2D eigenvalue weighted by Crippen LogP contribution is -2.56. The number of piperidine rings is 1. The van der Waals surface area contributed by atoms with Gasteiger partial charge in [-0.2, -0.15) is 0 Å². The van der Waals surface area contributed by atoms with Crippen molar-refractivity contribution >= 4 is 11.8 Å². The predicted octanol–water partition coefficient (Wildman–Crippen LogP) is 1.78.